The van der Waals surface area contributed by atoms with Gasteiger partial charge in [0, 0.05) is 31.1 Å². The highest BCUT2D eigenvalue weighted by molar-refractivity contribution is 7.09. The maximum absolute atomic E-state index is 12.5. The number of carbonyl (C=O) groups is 1. The molecular weight excluding hydrogens is 348 g/mol. The van der Waals surface area contributed by atoms with Gasteiger partial charge in [-0.25, -0.2) is 4.79 Å². The van der Waals surface area contributed by atoms with Crippen LogP contribution in [0.2, 0.25) is 0 Å². The number of hydrogen-bond acceptors (Lipinski definition) is 5. The molecule has 0 spiro atoms. The van der Waals surface area contributed by atoms with Crippen molar-refractivity contribution in [2.45, 2.75) is 25.4 Å². The van der Waals surface area contributed by atoms with Crippen molar-refractivity contribution in [1.29, 1.82) is 0 Å². The summed E-state index contributed by atoms with van der Waals surface area (Å²) in [4.78, 5) is 17.7. The molecule has 1 aliphatic heterocycles. The van der Waals surface area contributed by atoms with Gasteiger partial charge in [-0.05, 0) is 43.0 Å². The van der Waals surface area contributed by atoms with Crippen LogP contribution in [0.4, 0.5) is 10.5 Å². The molecule has 3 aromatic rings. The zero-order chi connectivity index (χ0) is 17.9. The van der Waals surface area contributed by atoms with Crippen molar-refractivity contribution in [3.8, 4) is 0 Å². The summed E-state index contributed by atoms with van der Waals surface area (Å²) < 4.78 is 0. The number of amides is 2. The monoisotopic (exact) mass is 370 g/mol. The molecular formula is C18H22N6OS. The van der Waals surface area contributed by atoms with E-state index in [9.17, 15) is 4.79 Å². The van der Waals surface area contributed by atoms with Crippen molar-refractivity contribution in [1.82, 2.24) is 25.2 Å². The van der Waals surface area contributed by atoms with Gasteiger partial charge in [-0.1, -0.05) is 12.1 Å². The van der Waals surface area contributed by atoms with E-state index in [1.165, 1.54) is 9.67 Å². The van der Waals surface area contributed by atoms with Gasteiger partial charge < -0.3 is 10.6 Å². The molecule has 136 valence electrons. The van der Waals surface area contributed by atoms with Crippen LogP contribution in [0.25, 0.3) is 11.0 Å². The molecule has 1 fully saturated rings. The van der Waals surface area contributed by atoms with Gasteiger partial charge in [0.2, 0.25) is 0 Å². The van der Waals surface area contributed by atoms with E-state index in [4.69, 9.17) is 0 Å². The molecule has 0 saturated carbocycles. The van der Waals surface area contributed by atoms with Crippen LogP contribution in [-0.4, -0.2) is 45.1 Å². The lowest BCUT2D eigenvalue weighted by Gasteiger charge is -2.32. The number of hydrogen-bond donors (Lipinski definition) is 2. The third-order valence-electron chi connectivity index (χ3n) is 4.56. The normalized spacial score (nSPS) is 18.1. The molecule has 8 heteroatoms. The lowest BCUT2D eigenvalue weighted by atomic mass is 10.1. The Morgan fingerprint density at radius 1 is 1.31 bits per heavy atom. The number of aromatic nitrogens is 3. The highest BCUT2D eigenvalue weighted by atomic mass is 32.1. The molecule has 0 unspecified atom stereocenters. The fourth-order valence-electron chi connectivity index (χ4n) is 3.42. The van der Waals surface area contributed by atoms with Gasteiger partial charge in [0.1, 0.15) is 11.0 Å². The van der Waals surface area contributed by atoms with Crippen molar-refractivity contribution in [2.75, 3.05) is 18.4 Å². The van der Waals surface area contributed by atoms with Gasteiger partial charge in [-0.15, -0.1) is 11.3 Å². The second kappa shape index (κ2) is 7.43. The zero-order valence-corrected chi connectivity index (χ0v) is 15.5. The highest BCUT2D eigenvalue weighted by Crippen LogP contribution is 2.20. The van der Waals surface area contributed by atoms with Crippen LogP contribution in [0.15, 0.2) is 35.7 Å². The third-order valence-corrected chi connectivity index (χ3v) is 5.42. The van der Waals surface area contributed by atoms with E-state index in [0.717, 1.165) is 38.0 Å². The van der Waals surface area contributed by atoms with E-state index < -0.39 is 0 Å². The van der Waals surface area contributed by atoms with E-state index in [1.807, 2.05) is 18.2 Å². The van der Waals surface area contributed by atoms with Crippen LogP contribution < -0.4 is 10.6 Å². The van der Waals surface area contributed by atoms with E-state index in [2.05, 4.69) is 43.2 Å². The number of rotatable bonds is 4. The fourth-order valence-corrected chi connectivity index (χ4v) is 4.17. The lowest BCUT2D eigenvalue weighted by Crippen LogP contribution is -2.48. The minimum absolute atomic E-state index is 0.157. The first kappa shape index (κ1) is 17.0. The summed E-state index contributed by atoms with van der Waals surface area (Å²) in [5.74, 6) is 0. The summed E-state index contributed by atoms with van der Waals surface area (Å²) in [5, 5.41) is 16.7. The summed E-state index contributed by atoms with van der Waals surface area (Å²) in [6.07, 6.45) is 2.10. The molecule has 1 aromatic carbocycles. The molecule has 4 rings (SSSR count). The molecule has 1 saturated heterocycles. The Hall–Kier alpha value is -2.45. The maximum Gasteiger partial charge on any atom is 0.319 e. The average molecular weight is 370 g/mol. The van der Waals surface area contributed by atoms with Crippen molar-refractivity contribution in [3.05, 3.63) is 40.6 Å². The fraction of sp³-hybridized carbons (Fsp3) is 0.389. The lowest BCUT2D eigenvalue weighted by molar-refractivity contribution is 0.184. The number of carbonyl (C=O) groups excluding carboxylic acids is 1. The Morgan fingerprint density at radius 2 is 2.23 bits per heavy atom. The smallest absolute Gasteiger partial charge is 0.319 e. The second-order valence-corrected chi connectivity index (χ2v) is 7.65. The van der Waals surface area contributed by atoms with E-state index in [-0.39, 0.29) is 12.1 Å². The van der Waals surface area contributed by atoms with Crippen LogP contribution in [0.1, 0.15) is 17.7 Å². The predicted molar refractivity (Wildman–Crippen MR) is 103 cm³/mol. The Bertz CT molecular complexity index is 890. The first-order valence-electron chi connectivity index (χ1n) is 8.80. The molecule has 0 radical (unpaired) electrons. The standard InChI is InChI=1S/C18H22N6OS/c1-23-21-16-8-2-7-15(17(16)22-23)20-18(25)19-13-5-3-9-24(11-13)12-14-6-4-10-26-14/h2,4,6-8,10,13H,3,5,9,11-12H2,1H3,(H2,19,20,25)/t13-/m1/s1. The largest absolute Gasteiger partial charge is 0.334 e. The Kier molecular flexibility index (Phi) is 4.85. The van der Waals surface area contributed by atoms with Gasteiger partial charge in [0.15, 0.2) is 0 Å². The summed E-state index contributed by atoms with van der Waals surface area (Å²) in [7, 11) is 1.77. The molecule has 7 nitrogen and oxygen atoms in total. The predicted octanol–water partition coefficient (Wildman–Crippen LogP) is 2.82. The topological polar surface area (TPSA) is 75.1 Å². The molecule has 0 bridgehead atoms. The van der Waals surface area contributed by atoms with Crippen molar-refractivity contribution >= 4 is 34.1 Å². The number of anilines is 1. The van der Waals surface area contributed by atoms with E-state index in [0.29, 0.717) is 11.2 Å². The molecule has 2 amide bonds. The number of aryl methyl sites for hydroxylation is 1. The first-order valence-corrected chi connectivity index (χ1v) is 9.67. The van der Waals surface area contributed by atoms with Crippen LogP contribution >= 0.6 is 11.3 Å². The van der Waals surface area contributed by atoms with Gasteiger partial charge in [-0.2, -0.15) is 15.0 Å². The van der Waals surface area contributed by atoms with Gasteiger partial charge in [0.05, 0.1) is 5.69 Å². The number of likely N-dealkylation sites (tertiary alicyclic amines) is 1. The Morgan fingerprint density at radius 3 is 3.08 bits per heavy atom. The van der Waals surface area contributed by atoms with Crippen molar-refractivity contribution in [3.63, 3.8) is 0 Å². The molecule has 3 heterocycles. The molecule has 0 aliphatic carbocycles. The third kappa shape index (κ3) is 3.86. The highest BCUT2D eigenvalue weighted by Gasteiger charge is 2.22. The quantitative estimate of drug-likeness (QED) is 0.741. The Labute approximate surface area is 156 Å². The number of fused-ring (bicyclic) bond motifs is 1. The number of thiophene rings is 1. The molecule has 1 atom stereocenters. The average Bonchev–Trinajstić information content (AvgIpc) is 3.24. The molecule has 2 aromatic heterocycles. The number of benzene rings is 1. The number of urea groups is 1. The zero-order valence-electron chi connectivity index (χ0n) is 14.7. The van der Waals surface area contributed by atoms with Gasteiger partial charge in [-0.3, -0.25) is 4.90 Å². The van der Waals surface area contributed by atoms with Crippen molar-refractivity contribution in [2.24, 2.45) is 7.05 Å². The van der Waals surface area contributed by atoms with E-state index >= 15 is 0 Å². The molecule has 2 N–H and O–H groups in total. The number of nitrogens with one attached hydrogen (secondary N) is 2. The van der Waals surface area contributed by atoms with Gasteiger partial charge >= 0.3 is 6.03 Å². The minimum Gasteiger partial charge on any atom is -0.334 e. The number of nitrogens with zero attached hydrogens (tertiary/aromatic N) is 4. The van der Waals surface area contributed by atoms with Gasteiger partial charge in [0.25, 0.3) is 0 Å². The summed E-state index contributed by atoms with van der Waals surface area (Å²) in [6, 6.07) is 9.82. The first-order chi connectivity index (χ1) is 12.7. The summed E-state index contributed by atoms with van der Waals surface area (Å²) in [6.45, 7) is 2.91. The van der Waals surface area contributed by atoms with Crippen LogP contribution in [0.3, 0.4) is 0 Å². The second-order valence-electron chi connectivity index (χ2n) is 6.61. The minimum atomic E-state index is -0.189. The van der Waals surface area contributed by atoms with Crippen molar-refractivity contribution < 1.29 is 4.79 Å². The Balaban J connectivity index is 1.36. The van der Waals surface area contributed by atoms with Crippen LogP contribution in [-0.2, 0) is 13.6 Å². The van der Waals surface area contributed by atoms with E-state index in [1.54, 1.807) is 18.4 Å². The maximum atomic E-state index is 12.5. The SMILES string of the molecule is Cn1nc2cccc(NC(=O)N[C@@H]3CCCN(Cc4cccs4)C3)c2n1. The summed E-state index contributed by atoms with van der Waals surface area (Å²) in [5.41, 5.74) is 2.15. The molecule has 26 heavy (non-hydrogen) atoms. The molecule has 1 aliphatic rings. The summed E-state index contributed by atoms with van der Waals surface area (Å²) >= 11 is 1.78. The van der Waals surface area contributed by atoms with Crippen LogP contribution in [0.5, 0.6) is 0 Å². The number of piperidine rings is 1. The van der Waals surface area contributed by atoms with Crippen LogP contribution in [0, 0.1) is 0 Å².